The lowest BCUT2D eigenvalue weighted by atomic mass is 9.97. The molecular weight excluding hydrogens is 474 g/mol. The topological polar surface area (TPSA) is 100.0 Å². The lowest BCUT2D eigenvalue weighted by Crippen LogP contribution is -2.44. The Bertz CT molecular complexity index is 1120. The average molecular weight is 514 g/mol. The number of aryl methyl sites for hydroxylation is 1. The first-order chi connectivity index (χ1) is 17.2. The van der Waals surface area contributed by atoms with Gasteiger partial charge < -0.3 is 18.8 Å². The highest BCUT2D eigenvalue weighted by Gasteiger charge is 2.63. The van der Waals surface area contributed by atoms with E-state index in [1.165, 1.54) is 7.11 Å². The molecule has 0 radical (unpaired) electrons. The number of amides is 2. The van der Waals surface area contributed by atoms with E-state index in [2.05, 4.69) is 4.98 Å². The predicted octanol–water partition coefficient (Wildman–Crippen LogP) is 5.56. The molecular formula is C28H39N3O6. The third-order valence-electron chi connectivity index (χ3n) is 6.16. The van der Waals surface area contributed by atoms with E-state index >= 15 is 0 Å². The number of hydrogen-bond acceptors (Lipinski definition) is 7. The van der Waals surface area contributed by atoms with Crippen LogP contribution in [-0.4, -0.2) is 57.5 Å². The molecule has 0 N–H and O–H groups in total. The highest BCUT2D eigenvalue weighted by atomic mass is 16.6. The average Bonchev–Trinajstić information content (AvgIpc) is 3.28. The van der Waals surface area contributed by atoms with Crippen LogP contribution in [0.4, 0.5) is 9.59 Å². The molecule has 2 aromatic rings. The molecule has 1 heterocycles. The number of esters is 1. The van der Waals surface area contributed by atoms with E-state index in [0.29, 0.717) is 25.0 Å². The number of carbonyl (C=O) groups excluding carboxylic acids is 3. The molecule has 1 aromatic heterocycles. The van der Waals surface area contributed by atoms with Crippen molar-refractivity contribution in [3.63, 3.8) is 0 Å². The van der Waals surface area contributed by atoms with E-state index < -0.39 is 28.8 Å². The second-order valence-corrected chi connectivity index (χ2v) is 11.6. The Hall–Kier alpha value is -3.36. The molecule has 0 bridgehead atoms. The largest absolute Gasteiger partial charge is 0.468 e. The number of aromatic nitrogens is 2. The zero-order valence-corrected chi connectivity index (χ0v) is 23.2. The molecule has 9 nitrogen and oxygen atoms in total. The molecule has 0 unspecified atom stereocenters. The molecule has 1 aromatic carbocycles. The van der Waals surface area contributed by atoms with Gasteiger partial charge >= 0.3 is 18.2 Å². The highest BCUT2D eigenvalue weighted by Crippen LogP contribution is 2.57. The Morgan fingerprint density at radius 2 is 1.70 bits per heavy atom. The molecule has 0 spiro atoms. The van der Waals surface area contributed by atoms with Gasteiger partial charge in [0.15, 0.2) is 0 Å². The van der Waals surface area contributed by atoms with E-state index in [9.17, 15) is 14.4 Å². The first kappa shape index (κ1) is 28.2. The van der Waals surface area contributed by atoms with Crippen LogP contribution in [0.15, 0.2) is 36.8 Å². The van der Waals surface area contributed by atoms with Crippen LogP contribution >= 0.6 is 0 Å². The van der Waals surface area contributed by atoms with E-state index in [-0.39, 0.29) is 18.4 Å². The van der Waals surface area contributed by atoms with Crippen molar-refractivity contribution in [1.29, 1.82) is 0 Å². The fourth-order valence-corrected chi connectivity index (χ4v) is 4.40. The lowest BCUT2D eigenvalue weighted by molar-refractivity contribution is -0.144. The predicted molar refractivity (Wildman–Crippen MR) is 139 cm³/mol. The van der Waals surface area contributed by atoms with Crippen LogP contribution < -0.4 is 0 Å². The van der Waals surface area contributed by atoms with Crippen LogP contribution in [0.1, 0.15) is 72.1 Å². The SMILES string of the molecule is COC(=O)[C@]1(c2cn(-c3cccc(C)c3)cn2)C[C@@H]1CCCN(C(=O)OC(C)(C)C)C(=O)OC(C)(C)C. The molecule has 1 aliphatic carbocycles. The number of benzene rings is 1. The van der Waals surface area contributed by atoms with Crippen molar-refractivity contribution < 1.29 is 28.6 Å². The molecule has 3 rings (SSSR count). The van der Waals surface area contributed by atoms with Crippen molar-refractivity contribution in [3.05, 3.63) is 48.0 Å². The van der Waals surface area contributed by atoms with Crippen LogP contribution in [0.5, 0.6) is 0 Å². The van der Waals surface area contributed by atoms with E-state index in [0.717, 1.165) is 16.2 Å². The molecule has 0 aliphatic heterocycles. The number of imidazole rings is 1. The summed E-state index contributed by atoms with van der Waals surface area (Å²) in [5, 5.41) is 0. The molecule has 1 aliphatic rings. The number of imide groups is 1. The molecule has 202 valence electrons. The van der Waals surface area contributed by atoms with Crippen molar-refractivity contribution in [2.45, 2.75) is 84.3 Å². The molecule has 37 heavy (non-hydrogen) atoms. The van der Waals surface area contributed by atoms with Gasteiger partial charge in [0.1, 0.15) is 16.6 Å². The van der Waals surface area contributed by atoms with Gasteiger partial charge in [-0.1, -0.05) is 12.1 Å². The number of hydrogen-bond donors (Lipinski definition) is 0. The minimum absolute atomic E-state index is 0.0278. The van der Waals surface area contributed by atoms with Crippen molar-refractivity contribution in [2.75, 3.05) is 13.7 Å². The van der Waals surface area contributed by atoms with E-state index in [1.807, 2.05) is 42.0 Å². The van der Waals surface area contributed by atoms with Gasteiger partial charge in [0.25, 0.3) is 0 Å². The van der Waals surface area contributed by atoms with Gasteiger partial charge in [-0.2, -0.15) is 0 Å². The van der Waals surface area contributed by atoms with Crippen molar-refractivity contribution in [2.24, 2.45) is 5.92 Å². The number of carbonyl (C=O) groups is 3. The van der Waals surface area contributed by atoms with Gasteiger partial charge in [0.2, 0.25) is 0 Å². The first-order valence-corrected chi connectivity index (χ1v) is 12.6. The monoisotopic (exact) mass is 513 g/mol. The van der Waals surface area contributed by atoms with Gasteiger partial charge in [-0.05, 0) is 91.3 Å². The fourth-order valence-electron chi connectivity index (χ4n) is 4.40. The minimum atomic E-state index is -0.841. The third kappa shape index (κ3) is 6.90. The molecule has 1 fully saturated rings. The summed E-state index contributed by atoms with van der Waals surface area (Å²) in [5.74, 6) is -0.358. The van der Waals surface area contributed by atoms with Gasteiger partial charge in [-0.25, -0.2) is 19.5 Å². The second kappa shape index (κ2) is 10.6. The minimum Gasteiger partial charge on any atom is -0.468 e. The van der Waals surface area contributed by atoms with Gasteiger partial charge in [0, 0.05) is 18.4 Å². The van der Waals surface area contributed by atoms with Gasteiger partial charge in [0.05, 0.1) is 19.1 Å². The van der Waals surface area contributed by atoms with Gasteiger partial charge in [-0.3, -0.25) is 4.79 Å². The summed E-state index contributed by atoms with van der Waals surface area (Å²) >= 11 is 0. The maximum atomic E-state index is 12.9. The summed E-state index contributed by atoms with van der Waals surface area (Å²) in [6.45, 7) is 12.6. The molecule has 2 amide bonds. The van der Waals surface area contributed by atoms with Gasteiger partial charge in [-0.15, -0.1) is 0 Å². The number of nitrogens with zero attached hydrogens (tertiary/aromatic N) is 3. The molecule has 0 saturated heterocycles. The van der Waals surface area contributed by atoms with Crippen LogP contribution in [0, 0.1) is 12.8 Å². The Morgan fingerprint density at radius 1 is 1.08 bits per heavy atom. The fraction of sp³-hybridized carbons (Fsp3) is 0.571. The maximum absolute atomic E-state index is 12.9. The highest BCUT2D eigenvalue weighted by molar-refractivity contribution is 5.88. The third-order valence-corrected chi connectivity index (χ3v) is 6.16. The van der Waals surface area contributed by atoms with E-state index in [1.54, 1.807) is 47.9 Å². The van der Waals surface area contributed by atoms with Crippen LogP contribution in [-0.2, 0) is 24.4 Å². The number of ether oxygens (including phenoxy) is 3. The zero-order chi connectivity index (χ0) is 27.6. The standard InChI is InChI=1S/C28H39N3O6/c1-19-11-9-13-21(15-19)30-17-22(29-18-30)28(23(32)35-8)16-20(28)12-10-14-31(24(33)36-26(2,3)4)25(34)37-27(5,6)7/h9,11,13,15,17-18,20H,10,12,14,16H2,1-8H3/t20-,28+/m0/s1. The Kier molecular flexibility index (Phi) is 8.05. The quantitative estimate of drug-likeness (QED) is 0.353. The maximum Gasteiger partial charge on any atom is 0.419 e. The first-order valence-electron chi connectivity index (χ1n) is 12.6. The number of methoxy groups -OCH3 is 1. The Balaban J connectivity index is 1.72. The Labute approximate surface area is 219 Å². The van der Waals surface area contributed by atoms with Crippen LogP contribution in [0.2, 0.25) is 0 Å². The summed E-state index contributed by atoms with van der Waals surface area (Å²) in [7, 11) is 1.38. The van der Waals surface area contributed by atoms with Crippen molar-refractivity contribution in [3.8, 4) is 5.69 Å². The molecule has 1 saturated carbocycles. The smallest absolute Gasteiger partial charge is 0.419 e. The summed E-state index contributed by atoms with van der Waals surface area (Å²) in [6, 6.07) is 8.02. The number of rotatable bonds is 7. The molecule has 9 heteroatoms. The van der Waals surface area contributed by atoms with Crippen LogP contribution in [0.25, 0.3) is 5.69 Å². The van der Waals surface area contributed by atoms with Crippen molar-refractivity contribution in [1.82, 2.24) is 14.5 Å². The molecule has 2 atom stereocenters. The summed E-state index contributed by atoms with van der Waals surface area (Å²) in [4.78, 5) is 44.0. The van der Waals surface area contributed by atoms with E-state index in [4.69, 9.17) is 14.2 Å². The summed E-state index contributed by atoms with van der Waals surface area (Å²) < 4.78 is 17.9. The van der Waals surface area contributed by atoms with Crippen molar-refractivity contribution >= 4 is 18.2 Å². The summed E-state index contributed by atoms with van der Waals surface area (Å²) in [6.07, 6.45) is 3.72. The Morgan fingerprint density at radius 3 is 2.24 bits per heavy atom. The zero-order valence-electron chi connectivity index (χ0n) is 23.2. The lowest BCUT2D eigenvalue weighted by Gasteiger charge is -2.28. The second-order valence-electron chi connectivity index (χ2n) is 11.6. The summed E-state index contributed by atoms with van der Waals surface area (Å²) in [5.41, 5.74) is 0.378. The van der Waals surface area contributed by atoms with Crippen LogP contribution in [0.3, 0.4) is 0 Å². The normalized spacial score (nSPS) is 19.2.